The van der Waals surface area contributed by atoms with Crippen LogP contribution in [0.3, 0.4) is 0 Å². The first kappa shape index (κ1) is 15.5. The quantitative estimate of drug-likeness (QED) is 0.908. The van der Waals surface area contributed by atoms with E-state index in [-0.39, 0.29) is 11.3 Å². The van der Waals surface area contributed by atoms with Crippen LogP contribution >= 0.6 is 0 Å². The van der Waals surface area contributed by atoms with Crippen molar-refractivity contribution in [3.8, 4) is 0 Å². The normalized spacial score (nSPS) is 26.2. The summed E-state index contributed by atoms with van der Waals surface area (Å²) in [6.45, 7) is 4.16. The van der Waals surface area contributed by atoms with Crippen molar-refractivity contribution in [2.45, 2.75) is 50.3 Å². The maximum absolute atomic E-state index is 12.6. The zero-order valence-corrected chi connectivity index (χ0v) is 13.4. The maximum Gasteiger partial charge on any atom is 0.155 e. The third-order valence-electron chi connectivity index (χ3n) is 4.37. The van der Waals surface area contributed by atoms with Gasteiger partial charge in [0.25, 0.3) is 0 Å². The van der Waals surface area contributed by atoms with Crippen molar-refractivity contribution in [1.82, 2.24) is 5.32 Å². The number of sulfone groups is 1. The molecule has 0 amide bonds. The van der Waals surface area contributed by atoms with Gasteiger partial charge in [-0.25, -0.2) is 8.42 Å². The largest absolute Gasteiger partial charge is 0.312 e. The van der Waals surface area contributed by atoms with Crippen LogP contribution in [0.2, 0.25) is 0 Å². The second kappa shape index (κ2) is 6.27. The predicted molar refractivity (Wildman–Crippen MR) is 83.8 cm³/mol. The van der Waals surface area contributed by atoms with Crippen molar-refractivity contribution in [2.24, 2.45) is 0 Å². The number of fused-ring (bicyclic) bond motifs is 1. The van der Waals surface area contributed by atoms with E-state index in [9.17, 15) is 8.42 Å². The summed E-state index contributed by atoms with van der Waals surface area (Å²) in [6, 6.07) is 8.14. The fourth-order valence-electron chi connectivity index (χ4n) is 3.25. The molecular formula is C16H25NO2S. The van der Waals surface area contributed by atoms with Crippen LogP contribution in [-0.4, -0.2) is 26.5 Å². The minimum atomic E-state index is -3.04. The molecule has 112 valence electrons. The predicted octanol–water partition coefficient (Wildman–Crippen LogP) is 3.04. The van der Waals surface area contributed by atoms with Crippen molar-refractivity contribution >= 4 is 9.84 Å². The van der Waals surface area contributed by atoms with Crippen molar-refractivity contribution < 1.29 is 8.42 Å². The molecule has 3 unspecified atom stereocenters. The average Bonchev–Trinajstić information content (AvgIpc) is 2.45. The SMILES string of the molecule is CCCCS(=O)(=O)C1CC(C)c2ccccc2C1NC. The Bertz CT molecular complexity index is 553. The minimum Gasteiger partial charge on any atom is -0.312 e. The molecule has 1 N–H and O–H groups in total. The van der Waals surface area contributed by atoms with Crippen LogP contribution in [0.25, 0.3) is 0 Å². The molecule has 1 aliphatic rings. The van der Waals surface area contributed by atoms with Crippen LogP contribution < -0.4 is 5.32 Å². The van der Waals surface area contributed by atoms with Gasteiger partial charge < -0.3 is 5.32 Å². The fraction of sp³-hybridized carbons (Fsp3) is 0.625. The van der Waals surface area contributed by atoms with Crippen molar-refractivity contribution in [2.75, 3.05) is 12.8 Å². The highest BCUT2D eigenvalue weighted by Gasteiger charge is 2.39. The van der Waals surface area contributed by atoms with Gasteiger partial charge in [-0.05, 0) is 36.9 Å². The summed E-state index contributed by atoms with van der Waals surface area (Å²) in [7, 11) is -1.18. The number of hydrogen-bond donors (Lipinski definition) is 1. The molecular weight excluding hydrogens is 270 g/mol. The maximum atomic E-state index is 12.6. The Balaban J connectivity index is 2.37. The molecule has 0 fully saturated rings. The van der Waals surface area contributed by atoms with Gasteiger partial charge in [-0.3, -0.25) is 0 Å². The van der Waals surface area contributed by atoms with E-state index in [4.69, 9.17) is 0 Å². The highest BCUT2D eigenvalue weighted by Crippen LogP contribution is 2.40. The molecule has 1 aromatic rings. The minimum absolute atomic E-state index is 0.0794. The molecule has 0 radical (unpaired) electrons. The Hall–Kier alpha value is -0.870. The molecule has 4 heteroatoms. The van der Waals surface area contributed by atoms with Gasteiger partial charge in [-0.15, -0.1) is 0 Å². The van der Waals surface area contributed by atoms with Crippen molar-refractivity contribution in [1.29, 1.82) is 0 Å². The lowest BCUT2D eigenvalue weighted by Gasteiger charge is -2.36. The lowest BCUT2D eigenvalue weighted by atomic mass is 9.81. The third-order valence-corrected chi connectivity index (χ3v) is 6.62. The summed E-state index contributed by atoms with van der Waals surface area (Å²) in [4.78, 5) is 0. The molecule has 3 nitrogen and oxygen atoms in total. The standard InChI is InChI=1S/C16H25NO2S/c1-4-5-10-20(18,19)15-11-12(2)13-8-6-7-9-14(13)16(15)17-3/h6-9,12,15-17H,4-5,10-11H2,1-3H3. The Morgan fingerprint density at radius 1 is 1.25 bits per heavy atom. The molecule has 3 atom stereocenters. The molecule has 2 rings (SSSR count). The van der Waals surface area contributed by atoms with E-state index < -0.39 is 9.84 Å². The summed E-state index contributed by atoms with van der Waals surface area (Å²) in [5, 5.41) is 2.93. The lowest BCUT2D eigenvalue weighted by Crippen LogP contribution is -2.41. The van der Waals surface area contributed by atoms with E-state index in [0.717, 1.165) is 18.4 Å². The molecule has 0 aromatic heterocycles. The Morgan fingerprint density at radius 2 is 1.90 bits per heavy atom. The van der Waals surface area contributed by atoms with Crippen LogP contribution in [0.15, 0.2) is 24.3 Å². The fourth-order valence-corrected chi connectivity index (χ4v) is 5.52. The molecule has 0 aliphatic heterocycles. The Kier molecular flexibility index (Phi) is 4.86. The molecule has 1 aliphatic carbocycles. The van der Waals surface area contributed by atoms with Gasteiger partial charge in [0.2, 0.25) is 0 Å². The summed E-state index contributed by atoms with van der Waals surface area (Å²) in [5.74, 6) is 0.610. The number of unbranched alkanes of at least 4 members (excludes halogenated alkanes) is 1. The van der Waals surface area contributed by atoms with Gasteiger partial charge in [0.05, 0.1) is 11.0 Å². The highest BCUT2D eigenvalue weighted by atomic mass is 32.2. The molecule has 0 saturated heterocycles. The first-order chi connectivity index (χ1) is 9.51. The molecule has 20 heavy (non-hydrogen) atoms. The van der Waals surface area contributed by atoms with E-state index >= 15 is 0 Å². The van der Waals surface area contributed by atoms with Crippen LogP contribution in [0, 0.1) is 0 Å². The van der Waals surface area contributed by atoms with E-state index in [1.165, 1.54) is 5.56 Å². The van der Waals surface area contributed by atoms with Crippen LogP contribution in [0.5, 0.6) is 0 Å². The van der Waals surface area contributed by atoms with Gasteiger partial charge in [0, 0.05) is 6.04 Å². The molecule has 0 saturated carbocycles. The zero-order chi connectivity index (χ0) is 14.8. The van der Waals surface area contributed by atoms with Crippen LogP contribution in [-0.2, 0) is 9.84 Å². The second-order valence-electron chi connectivity index (χ2n) is 5.79. The van der Waals surface area contributed by atoms with Crippen molar-refractivity contribution in [3.63, 3.8) is 0 Å². The highest BCUT2D eigenvalue weighted by molar-refractivity contribution is 7.92. The van der Waals surface area contributed by atoms with Gasteiger partial charge in [-0.2, -0.15) is 0 Å². The van der Waals surface area contributed by atoms with Gasteiger partial charge >= 0.3 is 0 Å². The van der Waals surface area contributed by atoms with Crippen molar-refractivity contribution in [3.05, 3.63) is 35.4 Å². The smallest absolute Gasteiger partial charge is 0.155 e. The zero-order valence-electron chi connectivity index (χ0n) is 12.6. The second-order valence-corrected chi connectivity index (χ2v) is 8.13. The molecule has 0 bridgehead atoms. The number of benzene rings is 1. The molecule has 0 heterocycles. The number of rotatable bonds is 5. The number of nitrogens with one attached hydrogen (secondary N) is 1. The summed E-state index contributed by atoms with van der Waals surface area (Å²) in [6.07, 6.45) is 2.39. The summed E-state index contributed by atoms with van der Waals surface area (Å²) >= 11 is 0. The third kappa shape index (κ3) is 2.91. The summed E-state index contributed by atoms with van der Waals surface area (Å²) < 4.78 is 25.3. The van der Waals surface area contributed by atoms with E-state index in [1.54, 1.807) is 0 Å². The van der Waals surface area contributed by atoms with Crippen LogP contribution in [0.1, 0.15) is 56.2 Å². The first-order valence-electron chi connectivity index (χ1n) is 7.49. The van der Waals surface area contributed by atoms with E-state index in [0.29, 0.717) is 18.1 Å². The number of hydrogen-bond acceptors (Lipinski definition) is 3. The average molecular weight is 295 g/mol. The Morgan fingerprint density at radius 3 is 2.50 bits per heavy atom. The monoisotopic (exact) mass is 295 g/mol. The topological polar surface area (TPSA) is 46.2 Å². The Labute approximate surface area is 122 Å². The van der Waals surface area contributed by atoms with Gasteiger partial charge in [0.1, 0.15) is 0 Å². The summed E-state index contributed by atoms with van der Waals surface area (Å²) in [5.41, 5.74) is 2.44. The van der Waals surface area contributed by atoms with Gasteiger partial charge in [-0.1, -0.05) is 44.5 Å². The lowest BCUT2D eigenvalue weighted by molar-refractivity contribution is 0.446. The first-order valence-corrected chi connectivity index (χ1v) is 9.20. The van der Waals surface area contributed by atoms with Gasteiger partial charge in [0.15, 0.2) is 9.84 Å². The molecule has 1 aromatic carbocycles. The molecule has 0 spiro atoms. The van der Waals surface area contributed by atoms with Crippen LogP contribution in [0.4, 0.5) is 0 Å². The van der Waals surface area contributed by atoms with E-state index in [1.807, 2.05) is 26.1 Å². The van der Waals surface area contributed by atoms with E-state index in [2.05, 4.69) is 24.4 Å².